The van der Waals surface area contributed by atoms with E-state index in [1.165, 1.54) is 26.6 Å². The largest absolute Gasteiger partial charge is 0.494 e. The Kier molecular flexibility index (Phi) is 6.45. The van der Waals surface area contributed by atoms with Crippen LogP contribution in [0.15, 0.2) is 36.8 Å². The van der Waals surface area contributed by atoms with Crippen LogP contribution < -0.4 is 24.3 Å². The summed E-state index contributed by atoms with van der Waals surface area (Å²) >= 11 is 0. The number of rotatable bonds is 9. The molecule has 32 heavy (non-hydrogen) atoms. The monoisotopic (exact) mass is 446 g/mol. The van der Waals surface area contributed by atoms with Gasteiger partial charge in [0.15, 0.2) is 28.9 Å². The average molecular weight is 446 g/mol. The third-order valence-electron chi connectivity index (χ3n) is 4.56. The summed E-state index contributed by atoms with van der Waals surface area (Å²) in [6, 6.07) is 4.63. The zero-order valence-electron chi connectivity index (χ0n) is 17.3. The van der Waals surface area contributed by atoms with Crippen LogP contribution in [0.5, 0.6) is 23.1 Å². The van der Waals surface area contributed by atoms with Crippen LogP contribution >= 0.6 is 0 Å². The highest BCUT2D eigenvalue weighted by atomic mass is 19.1. The van der Waals surface area contributed by atoms with Crippen molar-refractivity contribution >= 4 is 11.6 Å². The van der Waals surface area contributed by atoms with Crippen molar-refractivity contribution in [1.29, 1.82) is 0 Å². The zero-order valence-corrected chi connectivity index (χ0v) is 17.3. The number of nitrogens with zero attached hydrogens (tertiary/aromatic N) is 3. The minimum Gasteiger partial charge on any atom is -0.494 e. The maximum atomic E-state index is 14.4. The van der Waals surface area contributed by atoms with Gasteiger partial charge in [0.25, 0.3) is 0 Å². The molecule has 1 fully saturated rings. The highest BCUT2D eigenvalue weighted by Gasteiger charge is 2.21. The lowest BCUT2D eigenvalue weighted by Gasteiger charge is -2.26. The van der Waals surface area contributed by atoms with Crippen molar-refractivity contribution in [3.63, 3.8) is 0 Å². The molecule has 3 heterocycles. The number of hydrogen-bond donors (Lipinski definition) is 1. The lowest BCUT2D eigenvalue weighted by molar-refractivity contribution is -0.0813. The van der Waals surface area contributed by atoms with Crippen molar-refractivity contribution in [3.05, 3.63) is 54.0 Å². The van der Waals surface area contributed by atoms with Crippen molar-refractivity contribution in [3.8, 4) is 23.1 Å². The van der Waals surface area contributed by atoms with E-state index in [0.717, 1.165) is 6.07 Å². The number of aromatic nitrogens is 3. The lowest BCUT2D eigenvalue weighted by atomic mass is 10.1. The van der Waals surface area contributed by atoms with E-state index >= 15 is 0 Å². The van der Waals surface area contributed by atoms with Crippen molar-refractivity contribution in [2.75, 3.05) is 32.8 Å². The van der Waals surface area contributed by atoms with Crippen LogP contribution in [-0.2, 0) is 11.3 Å². The molecule has 9 nitrogen and oxygen atoms in total. The summed E-state index contributed by atoms with van der Waals surface area (Å²) in [4.78, 5) is 12.5. The second kappa shape index (κ2) is 9.60. The zero-order chi connectivity index (χ0) is 22.5. The van der Waals surface area contributed by atoms with E-state index in [2.05, 4.69) is 20.3 Å². The maximum Gasteiger partial charge on any atom is 0.227 e. The SMILES string of the molecule is COc1cc(OC)c(F)c(COc2cnc(Nc3ccc(OC4COC4)nc3)nc2)c1F. The van der Waals surface area contributed by atoms with E-state index in [9.17, 15) is 8.78 Å². The van der Waals surface area contributed by atoms with Crippen LogP contribution in [0.25, 0.3) is 0 Å². The molecule has 1 aliphatic rings. The molecule has 11 heteroatoms. The Morgan fingerprint density at radius 3 is 2.22 bits per heavy atom. The third kappa shape index (κ3) is 4.78. The quantitative estimate of drug-likeness (QED) is 0.531. The van der Waals surface area contributed by atoms with Crippen LogP contribution in [0, 0.1) is 11.6 Å². The Hall–Kier alpha value is -3.73. The molecule has 1 aliphatic heterocycles. The van der Waals surface area contributed by atoms with Crippen LogP contribution in [0.2, 0.25) is 0 Å². The Labute approximate surface area is 182 Å². The van der Waals surface area contributed by atoms with Crippen LogP contribution in [0.4, 0.5) is 20.4 Å². The molecule has 0 radical (unpaired) electrons. The van der Waals surface area contributed by atoms with Gasteiger partial charge in [0.1, 0.15) is 12.7 Å². The van der Waals surface area contributed by atoms with Crippen LogP contribution in [0.1, 0.15) is 5.56 Å². The van der Waals surface area contributed by atoms with Crippen molar-refractivity contribution < 1.29 is 32.5 Å². The Balaban J connectivity index is 1.37. The van der Waals surface area contributed by atoms with Gasteiger partial charge in [0.05, 0.1) is 57.3 Å². The molecule has 0 saturated carbocycles. The third-order valence-corrected chi connectivity index (χ3v) is 4.56. The number of nitrogens with one attached hydrogen (secondary N) is 1. The summed E-state index contributed by atoms with van der Waals surface area (Å²) in [7, 11) is 2.55. The molecular weight excluding hydrogens is 426 g/mol. The molecular formula is C21H20F2N4O5. The number of halogens is 2. The molecule has 4 rings (SSSR count). The van der Waals surface area contributed by atoms with Crippen molar-refractivity contribution in [1.82, 2.24) is 15.0 Å². The number of hydrogen-bond acceptors (Lipinski definition) is 9. The Bertz CT molecular complexity index is 1040. The fourth-order valence-corrected chi connectivity index (χ4v) is 2.78. The molecule has 0 aliphatic carbocycles. The Morgan fingerprint density at radius 2 is 1.69 bits per heavy atom. The molecule has 2 aromatic heterocycles. The molecule has 1 aromatic carbocycles. The summed E-state index contributed by atoms with van der Waals surface area (Å²) in [5.41, 5.74) is 0.328. The van der Waals surface area contributed by atoms with Gasteiger partial charge in [-0.25, -0.2) is 23.7 Å². The molecule has 1 N–H and O–H groups in total. The van der Waals surface area contributed by atoms with Crippen molar-refractivity contribution in [2.45, 2.75) is 12.7 Å². The van der Waals surface area contributed by atoms with Gasteiger partial charge in [-0.2, -0.15) is 0 Å². The summed E-state index contributed by atoms with van der Waals surface area (Å²) < 4.78 is 54.8. The van der Waals surface area contributed by atoms with Gasteiger partial charge >= 0.3 is 0 Å². The summed E-state index contributed by atoms with van der Waals surface area (Å²) in [5, 5.41) is 2.99. The Morgan fingerprint density at radius 1 is 1.00 bits per heavy atom. The summed E-state index contributed by atoms with van der Waals surface area (Å²) in [5.74, 6) is -1.01. The normalized spacial score (nSPS) is 13.2. The first-order valence-corrected chi connectivity index (χ1v) is 9.58. The minimum atomic E-state index is -0.866. The van der Waals surface area contributed by atoms with Gasteiger partial charge in [0.2, 0.25) is 11.8 Å². The van der Waals surface area contributed by atoms with E-state index in [1.54, 1.807) is 18.3 Å². The molecule has 0 bridgehead atoms. The number of pyridine rings is 1. The predicted molar refractivity (Wildman–Crippen MR) is 109 cm³/mol. The van der Waals surface area contributed by atoms with Gasteiger partial charge in [-0.1, -0.05) is 0 Å². The minimum absolute atomic E-state index is 0.0391. The highest BCUT2D eigenvalue weighted by Crippen LogP contribution is 2.32. The molecule has 168 valence electrons. The predicted octanol–water partition coefficient (Wildman–Crippen LogP) is 3.27. The first-order valence-electron chi connectivity index (χ1n) is 9.58. The van der Waals surface area contributed by atoms with Gasteiger partial charge in [-0.15, -0.1) is 0 Å². The van der Waals surface area contributed by atoms with Crippen LogP contribution in [0.3, 0.4) is 0 Å². The maximum absolute atomic E-state index is 14.4. The highest BCUT2D eigenvalue weighted by molar-refractivity contribution is 5.52. The van der Waals surface area contributed by atoms with Crippen LogP contribution in [-0.4, -0.2) is 48.5 Å². The second-order valence-corrected chi connectivity index (χ2v) is 6.71. The molecule has 0 amide bonds. The fraction of sp³-hybridized carbons (Fsp3) is 0.286. The second-order valence-electron chi connectivity index (χ2n) is 6.71. The number of anilines is 2. The van der Waals surface area contributed by atoms with E-state index in [4.69, 9.17) is 23.7 Å². The molecule has 0 unspecified atom stereocenters. The standard InChI is InChI=1S/C21H20F2N4O5/c1-28-16-5-17(29-2)20(23)15(19(16)22)11-31-13-7-25-21(26-8-13)27-12-3-4-18(24-6-12)32-14-9-30-10-14/h3-8,14H,9-11H2,1-2H3,(H,25,26,27). The van der Waals surface area contributed by atoms with Gasteiger partial charge in [-0.05, 0) is 6.07 Å². The molecule has 0 spiro atoms. The van der Waals surface area contributed by atoms with E-state index in [0.29, 0.717) is 30.7 Å². The first kappa shape index (κ1) is 21.5. The van der Waals surface area contributed by atoms with E-state index < -0.39 is 18.2 Å². The number of ether oxygens (including phenoxy) is 5. The summed E-state index contributed by atoms with van der Waals surface area (Å²) in [6.45, 7) is 0.724. The van der Waals surface area contributed by atoms with Gasteiger partial charge in [0, 0.05) is 12.1 Å². The van der Waals surface area contributed by atoms with E-state index in [1.807, 2.05) is 0 Å². The number of methoxy groups -OCH3 is 2. The van der Waals surface area contributed by atoms with Crippen molar-refractivity contribution in [2.24, 2.45) is 0 Å². The fourth-order valence-electron chi connectivity index (χ4n) is 2.78. The summed E-state index contributed by atoms with van der Waals surface area (Å²) in [6.07, 6.45) is 4.38. The number of benzene rings is 1. The topological polar surface area (TPSA) is 96.9 Å². The lowest BCUT2D eigenvalue weighted by Crippen LogP contribution is -2.38. The van der Waals surface area contributed by atoms with Gasteiger partial charge in [-0.3, -0.25) is 0 Å². The first-order chi connectivity index (χ1) is 15.6. The molecule has 3 aromatic rings. The molecule has 0 atom stereocenters. The van der Waals surface area contributed by atoms with Gasteiger partial charge < -0.3 is 29.0 Å². The van der Waals surface area contributed by atoms with E-state index in [-0.39, 0.29) is 28.9 Å². The average Bonchev–Trinajstić information content (AvgIpc) is 2.78. The smallest absolute Gasteiger partial charge is 0.227 e. The molecule has 1 saturated heterocycles.